The number of aromatic hydroxyl groups is 1. The number of aryl methyl sites for hydroxylation is 1. The summed E-state index contributed by atoms with van der Waals surface area (Å²) in [5.41, 5.74) is 2.70. The zero-order valence-electron chi connectivity index (χ0n) is 10.2. The lowest BCUT2D eigenvalue weighted by atomic mass is 10.1. The molecule has 3 aromatic rings. The van der Waals surface area contributed by atoms with Crippen LogP contribution in [-0.2, 0) is 6.42 Å². The Morgan fingerprint density at radius 2 is 1.89 bits per heavy atom. The molecule has 0 bridgehead atoms. The number of thiophene rings is 1. The van der Waals surface area contributed by atoms with Crippen molar-refractivity contribution in [3.63, 3.8) is 0 Å². The molecule has 1 nitrogen and oxygen atoms in total. The summed E-state index contributed by atoms with van der Waals surface area (Å²) in [6.45, 7) is 2.15. The van der Waals surface area contributed by atoms with Crippen molar-refractivity contribution >= 4 is 21.4 Å². The summed E-state index contributed by atoms with van der Waals surface area (Å²) >= 11 is 1.75. The smallest absolute Gasteiger partial charge is 0.117 e. The van der Waals surface area contributed by atoms with Crippen molar-refractivity contribution in [2.24, 2.45) is 0 Å². The number of benzene rings is 2. The zero-order valence-corrected chi connectivity index (χ0v) is 11.0. The molecule has 0 saturated heterocycles. The molecule has 0 fully saturated rings. The Morgan fingerprint density at radius 1 is 1.06 bits per heavy atom. The van der Waals surface area contributed by atoms with Crippen LogP contribution in [0.2, 0.25) is 0 Å². The third-order valence-corrected chi connectivity index (χ3v) is 4.28. The Labute approximate surface area is 110 Å². The molecule has 0 aliphatic carbocycles. The van der Waals surface area contributed by atoms with E-state index in [1.165, 1.54) is 21.4 Å². The summed E-state index contributed by atoms with van der Waals surface area (Å²) in [6, 6.07) is 16.2. The standard InChI is InChI=1S/C16H14OS/c1-11-4-2-3-5-12(11)8-15-9-13-6-7-14(17)10-16(13)18-15/h2-7,9-10,17H,8H2,1H3. The van der Waals surface area contributed by atoms with Crippen LogP contribution in [-0.4, -0.2) is 5.11 Å². The van der Waals surface area contributed by atoms with E-state index < -0.39 is 0 Å². The van der Waals surface area contributed by atoms with E-state index in [2.05, 4.69) is 37.3 Å². The minimum Gasteiger partial charge on any atom is -0.508 e. The molecule has 2 heteroatoms. The summed E-state index contributed by atoms with van der Waals surface area (Å²) in [6.07, 6.45) is 0.965. The van der Waals surface area contributed by atoms with Gasteiger partial charge in [0, 0.05) is 16.0 Å². The van der Waals surface area contributed by atoms with E-state index in [4.69, 9.17) is 0 Å². The van der Waals surface area contributed by atoms with Gasteiger partial charge in [0.25, 0.3) is 0 Å². The van der Waals surface area contributed by atoms with Gasteiger partial charge >= 0.3 is 0 Å². The Balaban J connectivity index is 1.98. The van der Waals surface area contributed by atoms with Crippen molar-refractivity contribution in [2.75, 3.05) is 0 Å². The number of rotatable bonds is 2. The predicted octanol–water partition coefficient (Wildman–Crippen LogP) is 4.51. The minimum atomic E-state index is 0.340. The molecule has 18 heavy (non-hydrogen) atoms. The second kappa shape index (κ2) is 4.46. The zero-order chi connectivity index (χ0) is 12.5. The van der Waals surface area contributed by atoms with Gasteiger partial charge in [-0.05, 0) is 47.7 Å². The Bertz CT molecular complexity index is 697. The van der Waals surface area contributed by atoms with Gasteiger partial charge in [-0.3, -0.25) is 0 Å². The normalized spacial score (nSPS) is 10.9. The maximum Gasteiger partial charge on any atom is 0.117 e. The molecule has 1 aromatic heterocycles. The Kier molecular flexibility index (Phi) is 2.80. The topological polar surface area (TPSA) is 20.2 Å². The highest BCUT2D eigenvalue weighted by molar-refractivity contribution is 7.19. The van der Waals surface area contributed by atoms with Crippen LogP contribution >= 0.6 is 11.3 Å². The molecule has 90 valence electrons. The SMILES string of the molecule is Cc1ccccc1Cc1cc2ccc(O)cc2s1. The average Bonchev–Trinajstić information content (AvgIpc) is 2.73. The van der Waals surface area contributed by atoms with Crippen LogP contribution in [0.4, 0.5) is 0 Å². The van der Waals surface area contributed by atoms with E-state index in [1.807, 2.05) is 12.1 Å². The highest BCUT2D eigenvalue weighted by Crippen LogP contribution is 2.30. The van der Waals surface area contributed by atoms with E-state index in [1.54, 1.807) is 17.4 Å². The quantitative estimate of drug-likeness (QED) is 0.713. The molecule has 0 radical (unpaired) electrons. The summed E-state index contributed by atoms with van der Waals surface area (Å²) in [5.74, 6) is 0.340. The fourth-order valence-corrected chi connectivity index (χ4v) is 3.28. The lowest BCUT2D eigenvalue weighted by Gasteiger charge is -2.02. The second-order valence-electron chi connectivity index (χ2n) is 4.54. The van der Waals surface area contributed by atoms with Crippen LogP contribution in [0.25, 0.3) is 10.1 Å². The molecular weight excluding hydrogens is 240 g/mol. The number of hydrogen-bond donors (Lipinski definition) is 1. The molecule has 0 atom stereocenters. The van der Waals surface area contributed by atoms with E-state index >= 15 is 0 Å². The van der Waals surface area contributed by atoms with Gasteiger partial charge in [0.15, 0.2) is 0 Å². The number of phenols is 1. The number of phenolic OH excluding ortho intramolecular Hbond substituents is 1. The first-order valence-corrected chi connectivity index (χ1v) is 6.80. The predicted molar refractivity (Wildman–Crippen MR) is 77.5 cm³/mol. The molecule has 1 N–H and O–H groups in total. The van der Waals surface area contributed by atoms with Gasteiger partial charge in [-0.25, -0.2) is 0 Å². The molecule has 0 saturated carbocycles. The molecule has 1 heterocycles. The molecule has 0 aliphatic heterocycles. The maximum absolute atomic E-state index is 9.48. The van der Waals surface area contributed by atoms with E-state index in [0.29, 0.717) is 5.75 Å². The lowest BCUT2D eigenvalue weighted by Crippen LogP contribution is -1.87. The van der Waals surface area contributed by atoms with E-state index in [0.717, 1.165) is 11.1 Å². The summed E-state index contributed by atoms with van der Waals surface area (Å²) in [4.78, 5) is 1.34. The molecule has 2 aromatic carbocycles. The van der Waals surface area contributed by atoms with Crippen molar-refractivity contribution in [2.45, 2.75) is 13.3 Å². The summed E-state index contributed by atoms with van der Waals surface area (Å²) < 4.78 is 1.15. The van der Waals surface area contributed by atoms with Gasteiger partial charge in [0.2, 0.25) is 0 Å². The molecule has 0 unspecified atom stereocenters. The summed E-state index contributed by atoms with van der Waals surface area (Å²) in [7, 11) is 0. The monoisotopic (exact) mass is 254 g/mol. The molecule has 0 spiro atoms. The van der Waals surface area contributed by atoms with Crippen molar-refractivity contribution in [1.82, 2.24) is 0 Å². The van der Waals surface area contributed by atoms with Gasteiger partial charge in [-0.15, -0.1) is 11.3 Å². The van der Waals surface area contributed by atoms with E-state index in [-0.39, 0.29) is 0 Å². The second-order valence-corrected chi connectivity index (χ2v) is 5.71. The van der Waals surface area contributed by atoms with Gasteiger partial charge in [0.05, 0.1) is 0 Å². The first-order chi connectivity index (χ1) is 8.72. The first kappa shape index (κ1) is 11.3. The third-order valence-electron chi connectivity index (χ3n) is 3.18. The van der Waals surface area contributed by atoms with Crippen LogP contribution in [0, 0.1) is 6.92 Å². The van der Waals surface area contributed by atoms with Gasteiger partial charge in [-0.2, -0.15) is 0 Å². The summed E-state index contributed by atoms with van der Waals surface area (Å²) in [5, 5.41) is 10.7. The van der Waals surface area contributed by atoms with Gasteiger partial charge in [-0.1, -0.05) is 24.3 Å². The van der Waals surface area contributed by atoms with Crippen LogP contribution in [0.15, 0.2) is 48.5 Å². The number of fused-ring (bicyclic) bond motifs is 1. The molecule has 0 amide bonds. The van der Waals surface area contributed by atoms with Crippen molar-refractivity contribution in [1.29, 1.82) is 0 Å². The largest absolute Gasteiger partial charge is 0.508 e. The van der Waals surface area contributed by atoms with Crippen LogP contribution in [0.1, 0.15) is 16.0 Å². The third kappa shape index (κ3) is 2.12. The van der Waals surface area contributed by atoms with Crippen LogP contribution in [0.3, 0.4) is 0 Å². The van der Waals surface area contributed by atoms with Crippen LogP contribution in [0.5, 0.6) is 5.75 Å². The Morgan fingerprint density at radius 3 is 2.72 bits per heavy atom. The molecule has 3 rings (SSSR count). The lowest BCUT2D eigenvalue weighted by molar-refractivity contribution is 0.476. The fraction of sp³-hybridized carbons (Fsp3) is 0.125. The average molecular weight is 254 g/mol. The van der Waals surface area contributed by atoms with E-state index in [9.17, 15) is 5.11 Å². The van der Waals surface area contributed by atoms with Crippen molar-refractivity contribution in [3.8, 4) is 5.75 Å². The minimum absolute atomic E-state index is 0.340. The molecule has 0 aliphatic rings. The van der Waals surface area contributed by atoms with Crippen molar-refractivity contribution < 1.29 is 5.11 Å². The number of hydrogen-bond acceptors (Lipinski definition) is 2. The van der Waals surface area contributed by atoms with Gasteiger partial charge < -0.3 is 5.11 Å². The molecular formula is C16H14OS. The fourth-order valence-electron chi connectivity index (χ4n) is 2.16. The highest BCUT2D eigenvalue weighted by Gasteiger charge is 2.05. The maximum atomic E-state index is 9.48. The van der Waals surface area contributed by atoms with Gasteiger partial charge in [0.1, 0.15) is 5.75 Å². The van der Waals surface area contributed by atoms with Crippen LogP contribution < -0.4 is 0 Å². The Hall–Kier alpha value is -1.80. The van der Waals surface area contributed by atoms with Crippen molar-refractivity contribution in [3.05, 3.63) is 64.5 Å². The highest BCUT2D eigenvalue weighted by atomic mass is 32.1. The first-order valence-electron chi connectivity index (χ1n) is 5.98.